The first kappa shape index (κ1) is 52.9. The molecule has 17 nitrogen and oxygen atoms in total. The summed E-state index contributed by atoms with van der Waals surface area (Å²) in [4.78, 5) is 96.7. The van der Waals surface area contributed by atoms with Crippen LogP contribution in [0.15, 0.2) is 42.5 Å². The van der Waals surface area contributed by atoms with Gasteiger partial charge in [0.15, 0.2) is 0 Å². The third-order valence-corrected chi connectivity index (χ3v) is 13.4. The quantitative estimate of drug-likeness (QED) is 0.0514. The highest BCUT2D eigenvalue weighted by atomic mass is 16.5. The van der Waals surface area contributed by atoms with Crippen molar-refractivity contribution in [3.8, 4) is 0 Å². The number of aliphatic hydroxyl groups is 1. The summed E-state index contributed by atoms with van der Waals surface area (Å²) in [5.74, 6) is -4.38. The Balaban J connectivity index is 1.40. The molecule has 65 heavy (non-hydrogen) atoms. The first-order valence-corrected chi connectivity index (χ1v) is 23.3. The maximum absolute atomic E-state index is 14.6. The fourth-order valence-corrected chi connectivity index (χ4v) is 9.63. The van der Waals surface area contributed by atoms with Crippen LogP contribution in [0.3, 0.4) is 0 Å². The fraction of sp³-hybridized carbons (Fsp3) is 0.688. The number of carbonyl (C=O) groups is 7. The average molecular weight is 911 g/mol. The lowest BCUT2D eigenvalue weighted by Gasteiger charge is -2.41. The normalized spacial score (nSPS) is 20.1. The van der Waals surface area contributed by atoms with Crippen molar-refractivity contribution in [2.24, 2.45) is 17.8 Å². The number of carbonyl (C=O) groups excluding carboxylic acids is 6. The lowest BCUT2D eigenvalue weighted by atomic mass is 9.88. The molecule has 1 saturated heterocycles. The van der Waals surface area contributed by atoms with Crippen molar-refractivity contribution in [1.82, 2.24) is 30.7 Å². The minimum atomic E-state index is -1.26. The minimum Gasteiger partial charge on any atom is -0.480 e. The smallest absolute Gasteiger partial charge is 0.326 e. The first-order chi connectivity index (χ1) is 30.8. The zero-order valence-electron chi connectivity index (χ0n) is 39.6. The standard InChI is InChI=1S/C48H74N6O11/c1-30(2)41(50-47(63)48(4,5)51-37(55)23-13-10-16-26-54-38(56)24-25-39(54)57)45(60)52(6)42(33-20-14-15-21-33)36(64-7)29-40(58)53-27-17-22-35(53)43(65-8)31(3)44(59)49-34(46(61)62)28-32-18-11-9-12-19-32/h9,11-12,18-19,24-25,30-31,33-37,41-43,51,55H,10,13-17,20-23,26-29H2,1-8H3,(H,49,59)(H,50,63)(H,61,62). The number of aliphatic hydroxyl groups excluding tert-OH is 1. The molecule has 0 aromatic heterocycles. The van der Waals surface area contributed by atoms with Crippen LogP contribution in [0.2, 0.25) is 0 Å². The van der Waals surface area contributed by atoms with E-state index in [0.717, 1.165) is 31.2 Å². The summed E-state index contributed by atoms with van der Waals surface area (Å²) in [6, 6.07) is 6.02. The van der Waals surface area contributed by atoms with E-state index in [1.165, 1.54) is 31.3 Å². The first-order valence-electron chi connectivity index (χ1n) is 23.3. The van der Waals surface area contributed by atoms with E-state index in [1.807, 2.05) is 32.0 Å². The van der Waals surface area contributed by atoms with Gasteiger partial charge in [-0.05, 0) is 76.2 Å². The third-order valence-electron chi connectivity index (χ3n) is 13.4. The lowest BCUT2D eigenvalue weighted by molar-refractivity contribution is -0.148. The molecule has 2 heterocycles. The summed E-state index contributed by atoms with van der Waals surface area (Å²) in [6.07, 6.45) is 7.15. The van der Waals surface area contributed by atoms with E-state index in [-0.39, 0.29) is 48.3 Å². The molecular weight excluding hydrogens is 837 g/mol. The molecule has 0 radical (unpaired) electrons. The molecule has 0 spiro atoms. The number of imide groups is 1. The zero-order chi connectivity index (χ0) is 48.0. The number of carboxylic acids is 1. The van der Waals surface area contributed by atoms with Crippen LogP contribution in [0.1, 0.15) is 111 Å². The molecule has 4 rings (SSSR count). The van der Waals surface area contributed by atoms with Gasteiger partial charge in [-0.1, -0.05) is 70.4 Å². The van der Waals surface area contributed by atoms with Crippen LogP contribution in [0.5, 0.6) is 0 Å². The molecule has 1 aromatic carbocycles. The van der Waals surface area contributed by atoms with Crippen LogP contribution in [-0.2, 0) is 49.5 Å². The number of methoxy groups -OCH3 is 2. The van der Waals surface area contributed by atoms with Gasteiger partial charge in [0.05, 0.1) is 42.2 Å². The van der Waals surface area contributed by atoms with Crippen LogP contribution < -0.4 is 16.0 Å². The van der Waals surface area contributed by atoms with Crippen LogP contribution >= 0.6 is 0 Å². The Bertz CT molecular complexity index is 1800. The molecule has 8 unspecified atom stereocenters. The topological polar surface area (TPSA) is 224 Å². The average Bonchev–Trinajstić information content (AvgIpc) is 4.05. The number of benzene rings is 1. The molecule has 17 heteroatoms. The third kappa shape index (κ3) is 14.4. The molecule has 0 bridgehead atoms. The summed E-state index contributed by atoms with van der Waals surface area (Å²) in [6.45, 7) is 9.37. The van der Waals surface area contributed by atoms with Crippen molar-refractivity contribution in [2.75, 3.05) is 34.4 Å². The van der Waals surface area contributed by atoms with Crippen molar-refractivity contribution in [3.63, 3.8) is 0 Å². The Labute approximate surface area is 384 Å². The van der Waals surface area contributed by atoms with E-state index in [2.05, 4.69) is 16.0 Å². The molecule has 8 atom stereocenters. The fourth-order valence-electron chi connectivity index (χ4n) is 9.63. The number of likely N-dealkylation sites (tertiary alicyclic amines) is 1. The van der Waals surface area contributed by atoms with Crippen molar-refractivity contribution >= 4 is 41.4 Å². The summed E-state index contributed by atoms with van der Waals surface area (Å²) in [7, 11) is 4.72. The Hall–Kier alpha value is -4.71. The van der Waals surface area contributed by atoms with Crippen LogP contribution in [0.4, 0.5) is 0 Å². The van der Waals surface area contributed by atoms with Gasteiger partial charge in [-0.15, -0.1) is 0 Å². The molecule has 362 valence electrons. The summed E-state index contributed by atoms with van der Waals surface area (Å²) >= 11 is 0. The number of nitrogens with zero attached hydrogens (tertiary/aromatic N) is 3. The number of unbranched alkanes of at least 4 members (excludes halogenated alkanes) is 2. The second kappa shape index (κ2) is 24.7. The van der Waals surface area contributed by atoms with Crippen LogP contribution in [0.25, 0.3) is 0 Å². The number of hydrogen-bond donors (Lipinski definition) is 5. The van der Waals surface area contributed by atoms with Crippen molar-refractivity contribution in [1.29, 1.82) is 0 Å². The van der Waals surface area contributed by atoms with E-state index in [0.29, 0.717) is 51.6 Å². The monoisotopic (exact) mass is 911 g/mol. The Morgan fingerprint density at radius 3 is 2.12 bits per heavy atom. The zero-order valence-corrected chi connectivity index (χ0v) is 39.6. The highest BCUT2D eigenvalue weighted by Crippen LogP contribution is 2.35. The van der Waals surface area contributed by atoms with Gasteiger partial charge in [-0.25, -0.2) is 4.79 Å². The second-order valence-corrected chi connectivity index (χ2v) is 18.8. The van der Waals surface area contributed by atoms with Crippen molar-refractivity contribution < 1.29 is 53.2 Å². The molecule has 6 amide bonds. The van der Waals surface area contributed by atoms with E-state index < -0.39 is 71.8 Å². The molecule has 5 N–H and O–H groups in total. The number of hydrogen-bond acceptors (Lipinski definition) is 11. The summed E-state index contributed by atoms with van der Waals surface area (Å²) in [5.41, 5.74) is -0.493. The summed E-state index contributed by atoms with van der Waals surface area (Å²) in [5, 5.41) is 29.4. The predicted octanol–water partition coefficient (Wildman–Crippen LogP) is 3.18. The summed E-state index contributed by atoms with van der Waals surface area (Å²) < 4.78 is 12.0. The minimum absolute atomic E-state index is 0.0364. The van der Waals surface area contributed by atoms with Gasteiger partial charge in [0.25, 0.3) is 11.8 Å². The molecule has 1 aliphatic carbocycles. The molecular formula is C48H74N6O11. The molecule has 1 saturated carbocycles. The van der Waals surface area contributed by atoms with Gasteiger partial charge >= 0.3 is 5.97 Å². The molecule has 2 aliphatic heterocycles. The Morgan fingerprint density at radius 1 is 0.892 bits per heavy atom. The van der Waals surface area contributed by atoms with E-state index in [1.54, 1.807) is 49.8 Å². The van der Waals surface area contributed by atoms with Gasteiger partial charge in [0.1, 0.15) is 18.3 Å². The highest BCUT2D eigenvalue weighted by molar-refractivity contribution is 6.12. The number of aliphatic carboxylic acids is 1. The van der Waals surface area contributed by atoms with Crippen molar-refractivity contribution in [3.05, 3.63) is 48.0 Å². The number of carboxylic acid groups (broad SMARTS) is 1. The number of amides is 6. The van der Waals surface area contributed by atoms with Gasteiger partial charge in [-0.3, -0.25) is 39.0 Å². The van der Waals surface area contributed by atoms with Crippen LogP contribution in [-0.4, -0.2) is 149 Å². The van der Waals surface area contributed by atoms with Gasteiger partial charge in [-0.2, -0.15) is 0 Å². The number of nitrogens with one attached hydrogen (secondary N) is 3. The SMILES string of the molecule is COC(CC(=O)N1CCCC1C(OC)C(C)C(=O)NC(Cc1ccccc1)C(=O)O)C(C1CCCC1)N(C)C(=O)C(NC(=O)C(C)(C)NC(O)CCCCCN1C(=O)C=CC1=O)C(C)C. The number of rotatable bonds is 26. The number of likely N-dealkylation sites (N-methyl/N-ethyl adjacent to an activating group) is 1. The Morgan fingerprint density at radius 2 is 1.54 bits per heavy atom. The highest BCUT2D eigenvalue weighted by Gasteiger charge is 2.45. The van der Waals surface area contributed by atoms with Gasteiger partial charge < -0.3 is 40.1 Å². The molecule has 1 aromatic rings. The maximum atomic E-state index is 14.6. The molecule has 3 aliphatic rings. The Kier molecular flexibility index (Phi) is 20.1. The molecule has 2 fully saturated rings. The van der Waals surface area contributed by atoms with Crippen LogP contribution in [0, 0.1) is 17.8 Å². The van der Waals surface area contributed by atoms with E-state index >= 15 is 0 Å². The van der Waals surface area contributed by atoms with Gasteiger partial charge in [0.2, 0.25) is 23.6 Å². The van der Waals surface area contributed by atoms with Gasteiger partial charge in [0, 0.05) is 52.9 Å². The largest absolute Gasteiger partial charge is 0.480 e. The predicted molar refractivity (Wildman–Crippen MR) is 243 cm³/mol. The lowest BCUT2D eigenvalue weighted by Crippen LogP contribution is -2.62. The van der Waals surface area contributed by atoms with Crippen molar-refractivity contribution in [2.45, 2.75) is 160 Å². The van der Waals surface area contributed by atoms with E-state index in [4.69, 9.17) is 9.47 Å². The maximum Gasteiger partial charge on any atom is 0.326 e. The van der Waals surface area contributed by atoms with E-state index in [9.17, 15) is 43.8 Å². The number of ether oxygens (including phenoxy) is 2. The second-order valence-electron chi connectivity index (χ2n) is 18.8.